The Labute approximate surface area is 123 Å². The maximum atomic E-state index is 12.2. The highest BCUT2D eigenvalue weighted by atomic mass is 32.2. The van der Waals surface area contributed by atoms with Gasteiger partial charge in [-0.05, 0) is 31.5 Å². The monoisotopic (exact) mass is 313 g/mol. The van der Waals surface area contributed by atoms with Crippen LogP contribution in [0.3, 0.4) is 0 Å². The van der Waals surface area contributed by atoms with E-state index in [-0.39, 0.29) is 16.3 Å². The molecule has 0 aliphatic carbocycles. The molecule has 7 nitrogen and oxygen atoms in total. The number of nitrogens with two attached hydrogens (primary N) is 1. The highest BCUT2D eigenvalue weighted by molar-refractivity contribution is 7.90. The number of carbonyl (C=O) groups excluding carboxylic acids is 1. The van der Waals surface area contributed by atoms with Crippen molar-refractivity contribution in [2.24, 2.45) is 10.9 Å². The molecule has 0 saturated carbocycles. The highest BCUT2D eigenvalue weighted by Crippen LogP contribution is 2.14. The molecule has 1 aromatic carbocycles. The average Bonchev–Trinajstić information content (AvgIpc) is 2.45. The average molecular weight is 313 g/mol. The number of carbonyl (C=O) groups is 1. The Hall–Kier alpha value is -2.09. The maximum Gasteiger partial charge on any atom is 0.252 e. The molecule has 1 unspecified atom stereocenters. The summed E-state index contributed by atoms with van der Waals surface area (Å²) in [6, 6.07) is 5.67. The van der Waals surface area contributed by atoms with E-state index < -0.39 is 21.3 Å². The second-order valence-corrected chi connectivity index (χ2v) is 6.94. The third-order valence-corrected chi connectivity index (χ3v) is 4.40. The molecular weight excluding hydrogens is 294 g/mol. The van der Waals surface area contributed by atoms with Crippen LogP contribution in [0.4, 0.5) is 0 Å². The summed E-state index contributed by atoms with van der Waals surface area (Å²) in [5.74, 6) is -0.630. The minimum atomic E-state index is -3.40. The van der Waals surface area contributed by atoms with Crippen molar-refractivity contribution in [3.63, 3.8) is 0 Å². The zero-order valence-corrected chi connectivity index (χ0v) is 12.9. The van der Waals surface area contributed by atoms with E-state index in [9.17, 15) is 13.2 Å². The number of hydrogen-bond donors (Lipinski definition) is 3. The standard InChI is InChI=1S/C13H19N3O4S/c1-4-13(2,12(14)16-18)15-11(17)9-6-5-7-10(8-9)21(3,19)20/h5-8,18H,4H2,1-3H3,(H2,14,16)(H,15,17). The Kier molecular flexibility index (Phi) is 4.95. The summed E-state index contributed by atoms with van der Waals surface area (Å²) < 4.78 is 23.0. The lowest BCUT2D eigenvalue weighted by atomic mass is 9.97. The molecule has 4 N–H and O–H groups in total. The van der Waals surface area contributed by atoms with Gasteiger partial charge in [0.1, 0.15) is 0 Å². The molecule has 21 heavy (non-hydrogen) atoms. The van der Waals surface area contributed by atoms with Crippen LogP contribution < -0.4 is 11.1 Å². The third-order valence-electron chi connectivity index (χ3n) is 3.29. The predicted molar refractivity (Wildman–Crippen MR) is 79.1 cm³/mol. The van der Waals surface area contributed by atoms with Crippen LogP contribution in [-0.4, -0.2) is 37.2 Å². The summed E-state index contributed by atoms with van der Waals surface area (Å²) in [6.45, 7) is 3.38. The fourth-order valence-electron chi connectivity index (χ4n) is 1.63. The summed E-state index contributed by atoms with van der Waals surface area (Å²) in [5.41, 5.74) is 4.74. The van der Waals surface area contributed by atoms with Gasteiger partial charge in [0.2, 0.25) is 0 Å². The van der Waals surface area contributed by atoms with Crippen molar-refractivity contribution in [3.8, 4) is 0 Å². The van der Waals surface area contributed by atoms with Crippen molar-refractivity contribution < 1.29 is 18.4 Å². The van der Waals surface area contributed by atoms with Crippen LogP contribution >= 0.6 is 0 Å². The molecule has 0 radical (unpaired) electrons. The fourth-order valence-corrected chi connectivity index (χ4v) is 2.30. The number of amidine groups is 1. The van der Waals surface area contributed by atoms with Gasteiger partial charge < -0.3 is 16.3 Å². The van der Waals surface area contributed by atoms with Gasteiger partial charge in [-0.3, -0.25) is 4.79 Å². The smallest absolute Gasteiger partial charge is 0.252 e. The Morgan fingerprint density at radius 3 is 2.57 bits per heavy atom. The first kappa shape index (κ1) is 17.0. The van der Waals surface area contributed by atoms with Gasteiger partial charge in [-0.15, -0.1) is 0 Å². The first-order valence-corrected chi connectivity index (χ1v) is 8.14. The number of amides is 1. The fraction of sp³-hybridized carbons (Fsp3) is 0.385. The van der Waals surface area contributed by atoms with E-state index in [1.807, 2.05) is 0 Å². The van der Waals surface area contributed by atoms with Gasteiger partial charge in [0.05, 0.1) is 10.4 Å². The normalized spacial score (nSPS) is 15.3. The number of benzene rings is 1. The molecule has 8 heteroatoms. The topological polar surface area (TPSA) is 122 Å². The van der Waals surface area contributed by atoms with Crippen LogP contribution in [0.15, 0.2) is 34.3 Å². The van der Waals surface area contributed by atoms with Crippen molar-refractivity contribution in [2.75, 3.05) is 6.26 Å². The van der Waals surface area contributed by atoms with E-state index in [0.29, 0.717) is 6.42 Å². The van der Waals surface area contributed by atoms with Crippen LogP contribution in [0.25, 0.3) is 0 Å². The van der Waals surface area contributed by atoms with E-state index in [4.69, 9.17) is 10.9 Å². The van der Waals surface area contributed by atoms with Gasteiger partial charge in [0, 0.05) is 11.8 Å². The lowest BCUT2D eigenvalue weighted by molar-refractivity contribution is 0.0924. The number of sulfone groups is 1. The van der Waals surface area contributed by atoms with Crippen molar-refractivity contribution >= 4 is 21.6 Å². The summed E-state index contributed by atoms with van der Waals surface area (Å²) >= 11 is 0. The molecule has 1 rings (SSSR count). The van der Waals surface area contributed by atoms with Crippen molar-refractivity contribution in [2.45, 2.75) is 30.7 Å². The van der Waals surface area contributed by atoms with Crippen LogP contribution in [0.5, 0.6) is 0 Å². The lowest BCUT2D eigenvalue weighted by Gasteiger charge is -2.28. The molecule has 0 aliphatic heterocycles. The summed E-state index contributed by atoms with van der Waals surface area (Å²) in [5, 5.41) is 14.3. The first-order valence-electron chi connectivity index (χ1n) is 6.24. The molecule has 1 amide bonds. The quantitative estimate of drug-likeness (QED) is 0.320. The Bertz CT molecular complexity index is 670. The molecular formula is C13H19N3O4S. The van der Waals surface area contributed by atoms with Gasteiger partial charge in [-0.1, -0.05) is 18.1 Å². The largest absolute Gasteiger partial charge is 0.409 e. The Morgan fingerprint density at radius 2 is 2.10 bits per heavy atom. The van der Waals surface area contributed by atoms with Crippen LogP contribution in [-0.2, 0) is 9.84 Å². The number of oxime groups is 1. The summed E-state index contributed by atoms with van der Waals surface area (Å²) in [6.07, 6.45) is 1.47. The summed E-state index contributed by atoms with van der Waals surface area (Å²) in [7, 11) is -3.40. The molecule has 1 aromatic rings. The minimum Gasteiger partial charge on any atom is -0.409 e. The number of hydrogen-bond acceptors (Lipinski definition) is 5. The molecule has 0 heterocycles. The number of nitrogens with one attached hydrogen (secondary N) is 1. The molecule has 0 bridgehead atoms. The lowest BCUT2D eigenvalue weighted by Crippen LogP contribution is -2.55. The van der Waals surface area contributed by atoms with E-state index in [0.717, 1.165) is 6.26 Å². The molecule has 0 spiro atoms. The molecule has 0 aromatic heterocycles. The molecule has 0 saturated heterocycles. The van der Waals surface area contributed by atoms with E-state index >= 15 is 0 Å². The van der Waals surface area contributed by atoms with E-state index in [2.05, 4.69) is 10.5 Å². The summed E-state index contributed by atoms with van der Waals surface area (Å²) in [4.78, 5) is 12.3. The van der Waals surface area contributed by atoms with Crippen molar-refractivity contribution in [3.05, 3.63) is 29.8 Å². The number of nitrogens with zero attached hydrogens (tertiary/aromatic N) is 1. The predicted octanol–water partition coefficient (Wildman–Crippen LogP) is 0.735. The highest BCUT2D eigenvalue weighted by Gasteiger charge is 2.30. The van der Waals surface area contributed by atoms with Gasteiger partial charge in [0.15, 0.2) is 15.7 Å². The minimum absolute atomic E-state index is 0.0529. The zero-order valence-electron chi connectivity index (χ0n) is 12.1. The molecule has 0 aliphatic rings. The second-order valence-electron chi connectivity index (χ2n) is 4.93. The van der Waals surface area contributed by atoms with E-state index in [1.54, 1.807) is 13.8 Å². The van der Waals surface area contributed by atoms with Crippen molar-refractivity contribution in [1.29, 1.82) is 0 Å². The van der Waals surface area contributed by atoms with Crippen LogP contribution in [0, 0.1) is 0 Å². The SMILES string of the molecule is CCC(C)(NC(=O)c1cccc(S(C)(=O)=O)c1)/C(N)=N/O. The molecule has 116 valence electrons. The zero-order chi connectivity index (χ0) is 16.3. The van der Waals surface area contributed by atoms with E-state index in [1.165, 1.54) is 24.3 Å². The van der Waals surface area contributed by atoms with Gasteiger partial charge in [-0.25, -0.2) is 8.42 Å². The Balaban J connectivity index is 3.10. The van der Waals surface area contributed by atoms with Crippen LogP contribution in [0.2, 0.25) is 0 Å². The number of rotatable bonds is 5. The van der Waals surface area contributed by atoms with Gasteiger partial charge in [0.25, 0.3) is 5.91 Å². The molecule has 0 fully saturated rings. The van der Waals surface area contributed by atoms with Crippen molar-refractivity contribution in [1.82, 2.24) is 5.32 Å². The van der Waals surface area contributed by atoms with Gasteiger partial charge >= 0.3 is 0 Å². The van der Waals surface area contributed by atoms with Crippen LogP contribution in [0.1, 0.15) is 30.6 Å². The maximum absolute atomic E-state index is 12.2. The Morgan fingerprint density at radius 1 is 1.48 bits per heavy atom. The first-order chi connectivity index (χ1) is 9.64. The van der Waals surface area contributed by atoms with Gasteiger partial charge in [-0.2, -0.15) is 0 Å². The third kappa shape index (κ3) is 3.94. The second kappa shape index (κ2) is 6.13. The molecule has 1 atom stereocenters.